The Morgan fingerprint density at radius 1 is 0.781 bits per heavy atom. The van der Waals surface area contributed by atoms with Crippen LogP contribution < -0.4 is 0 Å². The Morgan fingerprint density at radius 2 is 1.22 bits per heavy atom. The van der Waals surface area contributed by atoms with Gasteiger partial charge in [0.1, 0.15) is 0 Å². The summed E-state index contributed by atoms with van der Waals surface area (Å²) >= 11 is 0. The molecular formula is C20H38O10P2. The number of hydrogen-bond acceptors (Lipinski definition) is 6. The van der Waals surface area contributed by atoms with Crippen molar-refractivity contribution in [3.8, 4) is 0 Å². The first-order chi connectivity index (χ1) is 14.8. The van der Waals surface area contributed by atoms with Crippen molar-refractivity contribution >= 4 is 27.1 Å². The molecule has 0 aliphatic carbocycles. The molecule has 188 valence electrons. The summed E-state index contributed by atoms with van der Waals surface area (Å²) in [6.07, 6.45) is 7.24. The van der Waals surface area contributed by atoms with Gasteiger partial charge in [-0.1, -0.05) is 51.5 Å². The SMILES string of the molecule is C=C(C)C(=O)OCCCCCCCCCCCC(=O)OCC(CP(=O)(O)O)CP(=O)(O)O. The molecule has 0 heterocycles. The molecule has 12 heteroatoms. The number of hydrogen-bond donors (Lipinski definition) is 4. The summed E-state index contributed by atoms with van der Waals surface area (Å²) in [5.41, 5.74) is 0.405. The van der Waals surface area contributed by atoms with E-state index in [1.165, 1.54) is 0 Å². The highest BCUT2D eigenvalue weighted by Crippen LogP contribution is 2.43. The monoisotopic (exact) mass is 500 g/mol. The second kappa shape index (κ2) is 16.6. The molecule has 10 nitrogen and oxygen atoms in total. The largest absolute Gasteiger partial charge is 0.465 e. The van der Waals surface area contributed by atoms with E-state index >= 15 is 0 Å². The van der Waals surface area contributed by atoms with E-state index in [4.69, 9.17) is 29.0 Å². The third-order valence-electron chi connectivity index (χ3n) is 4.58. The van der Waals surface area contributed by atoms with Crippen LogP contribution in [-0.2, 0) is 28.2 Å². The van der Waals surface area contributed by atoms with Gasteiger partial charge in [-0.05, 0) is 19.8 Å². The second-order valence-electron chi connectivity index (χ2n) is 8.09. The smallest absolute Gasteiger partial charge is 0.333 e. The molecule has 0 amide bonds. The number of ether oxygens (including phenoxy) is 2. The first-order valence-electron chi connectivity index (χ1n) is 10.9. The highest BCUT2D eigenvalue weighted by Gasteiger charge is 2.29. The molecule has 0 fully saturated rings. The summed E-state index contributed by atoms with van der Waals surface area (Å²) in [6.45, 7) is 5.13. The van der Waals surface area contributed by atoms with E-state index < -0.39 is 46.0 Å². The zero-order valence-electron chi connectivity index (χ0n) is 18.8. The average Bonchev–Trinajstić information content (AvgIpc) is 2.64. The minimum absolute atomic E-state index is 0.154. The van der Waals surface area contributed by atoms with Crippen molar-refractivity contribution in [2.45, 2.75) is 71.1 Å². The summed E-state index contributed by atoms with van der Waals surface area (Å²) in [7, 11) is -8.96. The Labute approximate surface area is 190 Å². The van der Waals surface area contributed by atoms with Crippen LogP contribution in [0.15, 0.2) is 12.2 Å². The van der Waals surface area contributed by atoms with Crippen molar-refractivity contribution in [2.24, 2.45) is 5.92 Å². The van der Waals surface area contributed by atoms with E-state index in [-0.39, 0.29) is 12.4 Å². The fourth-order valence-corrected chi connectivity index (χ4v) is 5.03. The van der Waals surface area contributed by atoms with Crippen LogP contribution in [0.2, 0.25) is 0 Å². The topological polar surface area (TPSA) is 168 Å². The lowest BCUT2D eigenvalue weighted by atomic mass is 10.1. The molecule has 0 atom stereocenters. The molecule has 0 aromatic heterocycles. The van der Waals surface area contributed by atoms with Crippen LogP contribution >= 0.6 is 15.2 Å². The van der Waals surface area contributed by atoms with E-state index in [9.17, 15) is 18.7 Å². The molecule has 0 spiro atoms. The predicted octanol–water partition coefficient (Wildman–Crippen LogP) is 3.52. The minimum atomic E-state index is -4.48. The van der Waals surface area contributed by atoms with Crippen molar-refractivity contribution in [1.29, 1.82) is 0 Å². The van der Waals surface area contributed by atoms with Crippen LogP contribution in [0.1, 0.15) is 71.1 Å². The summed E-state index contributed by atoms with van der Waals surface area (Å²) in [5, 5.41) is 0. The van der Waals surface area contributed by atoms with Crippen molar-refractivity contribution in [3.63, 3.8) is 0 Å². The average molecular weight is 500 g/mol. The van der Waals surface area contributed by atoms with Gasteiger partial charge in [0, 0.05) is 17.9 Å². The van der Waals surface area contributed by atoms with Crippen LogP contribution in [0, 0.1) is 5.92 Å². The first-order valence-corrected chi connectivity index (χ1v) is 14.5. The highest BCUT2D eigenvalue weighted by atomic mass is 31.2. The lowest BCUT2D eigenvalue weighted by Gasteiger charge is -2.18. The van der Waals surface area contributed by atoms with Crippen molar-refractivity contribution in [2.75, 3.05) is 25.5 Å². The van der Waals surface area contributed by atoms with Crippen LogP contribution in [0.3, 0.4) is 0 Å². The molecule has 0 saturated heterocycles. The van der Waals surface area contributed by atoms with Gasteiger partial charge in [0.25, 0.3) is 0 Å². The normalized spacial score (nSPS) is 12.1. The Bertz CT molecular complexity index is 643. The summed E-state index contributed by atoms with van der Waals surface area (Å²) in [6, 6.07) is 0. The number of carbonyl (C=O) groups excluding carboxylic acids is 2. The Hall–Kier alpha value is -1.02. The third kappa shape index (κ3) is 20.9. The molecule has 0 bridgehead atoms. The highest BCUT2D eigenvalue weighted by molar-refractivity contribution is 7.52. The fourth-order valence-electron chi connectivity index (χ4n) is 3.02. The number of esters is 2. The van der Waals surface area contributed by atoms with Gasteiger partial charge in [-0.2, -0.15) is 0 Å². The standard InChI is InChI=1S/C20H38O10P2/c1-17(2)20(22)29-13-11-9-7-5-3-4-6-8-10-12-19(21)30-14-18(15-31(23,24)25)16-32(26,27)28/h18H,1,3-16H2,2H3,(H2,23,24,25)(H2,26,27,28). The van der Waals surface area contributed by atoms with Crippen molar-refractivity contribution in [1.82, 2.24) is 0 Å². The van der Waals surface area contributed by atoms with E-state index in [0.717, 1.165) is 51.4 Å². The van der Waals surface area contributed by atoms with Crippen LogP contribution in [0.5, 0.6) is 0 Å². The molecule has 0 aromatic carbocycles. The quantitative estimate of drug-likeness (QED) is 0.0891. The fraction of sp³-hybridized carbons (Fsp3) is 0.800. The molecular weight excluding hydrogens is 462 g/mol. The van der Waals surface area contributed by atoms with Gasteiger partial charge in [0.2, 0.25) is 0 Å². The van der Waals surface area contributed by atoms with Crippen LogP contribution in [0.4, 0.5) is 0 Å². The van der Waals surface area contributed by atoms with E-state index in [2.05, 4.69) is 6.58 Å². The third-order valence-corrected chi connectivity index (χ3v) is 6.56. The van der Waals surface area contributed by atoms with Gasteiger partial charge in [-0.15, -0.1) is 0 Å². The molecule has 0 unspecified atom stereocenters. The van der Waals surface area contributed by atoms with Crippen molar-refractivity contribution in [3.05, 3.63) is 12.2 Å². The number of rotatable bonds is 19. The zero-order valence-corrected chi connectivity index (χ0v) is 20.6. The van der Waals surface area contributed by atoms with Gasteiger partial charge in [-0.3, -0.25) is 13.9 Å². The Balaban J connectivity index is 3.73. The lowest BCUT2D eigenvalue weighted by Crippen LogP contribution is -2.21. The predicted molar refractivity (Wildman–Crippen MR) is 120 cm³/mol. The maximum Gasteiger partial charge on any atom is 0.333 e. The van der Waals surface area contributed by atoms with Gasteiger partial charge in [0.05, 0.1) is 25.5 Å². The maximum atomic E-state index is 11.8. The summed E-state index contributed by atoms with van der Waals surface area (Å²) in [5.74, 6) is -1.99. The molecule has 0 aromatic rings. The van der Waals surface area contributed by atoms with Crippen LogP contribution in [0.25, 0.3) is 0 Å². The number of unbranched alkanes of at least 4 members (excludes halogenated alkanes) is 8. The summed E-state index contributed by atoms with van der Waals surface area (Å²) in [4.78, 5) is 59.0. The molecule has 4 N–H and O–H groups in total. The van der Waals surface area contributed by atoms with Gasteiger partial charge >= 0.3 is 27.1 Å². The Morgan fingerprint density at radius 3 is 1.66 bits per heavy atom. The van der Waals surface area contributed by atoms with Gasteiger partial charge in [-0.25, -0.2) is 4.79 Å². The van der Waals surface area contributed by atoms with E-state index in [1.54, 1.807) is 6.92 Å². The maximum absolute atomic E-state index is 11.8. The first kappa shape index (κ1) is 31.0. The second-order valence-corrected chi connectivity index (χ2v) is 11.5. The minimum Gasteiger partial charge on any atom is -0.465 e. The zero-order chi connectivity index (χ0) is 24.6. The molecule has 0 aliphatic rings. The molecule has 0 radical (unpaired) electrons. The molecule has 0 rings (SSSR count). The van der Waals surface area contributed by atoms with Crippen molar-refractivity contribution < 1.29 is 47.8 Å². The van der Waals surface area contributed by atoms with E-state index in [1.807, 2.05) is 0 Å². The Kier molecular flexibility index (Phi) is 16.0. The molecule has 0 saturated carbocycles. The van der Waals surface area contributed by atoms with Crippen LogP contribution in [-0.4, -0.2) is 57.0 Å². The van der Waals surface area contributed by atoms with Gasteiger partial charge < -0.3 is 29.0 Å². The summed E-state index contributed by atoms with van der Waals surface area (Å²) < 4.78 is 32.1. The van der Waals surface area contributed by atoms with Gasteiger partial charge in [0.15, 0.2) is 0 Å². The molecule has 0 aliphatic heterocycles. The molecule has 32 heavy (non-hydrogen) atoms. The van der Waals surface area contributed by atoms with E-state index in [0.29, 0.717) is 18.6 Å². The lowest BCUT2D eigenvalue weighted by molar-refractivity contribution is -0.145. The number of carbonyl (C=O) groups is 2.